The zero-order chi connectivity index (χ0) is 25.6. The minimum absolute atomic E-state index is 0.0546. The van der Waals surface area contributed by atoms with Crippen LogP contribution in [-0.4, -0.2) is 39.7 Å². The molecule has 3 N–H and O–H groups in total. The highest BCUT2D eigenvalue weighted by Gasteiger charge is 2.19. The molecule has 1 aromatic heterocycles. The molecule has 0 spiro atoms. The second-order valence-electron chi connectivity index (χ2n) is 10.0. The molecular formula is C27H34N4O4. The Morgan fingerprint density at radius 1 is 1.03 bits per heavy atom. The minimum atomic E-state index is -0.947. The molecule has 3 rings (SSSR count). The van der Waals surface area contributed by atoms with Crippen molar-refractivity contribution in [2.75, 3.05) is 11.9 Å². The van der Waals surface area contributed by atoms with Gasteiger partial charge in [0.05, 0.1) is 6.42 Å². The van der Waals surface area contributed by atoms with Crippen LogP contribution in [0, 0.1) is 5.92 Å². The van der Waals surface area contributed by atoms with Gasteiger partial charge in [-0.3, -0.25) is 9.59 Å². The van der Waals surface area contributed by atoms with E-state index in [4.69, 9.17) is 9.63 Å². The smallest absolute Gasteiger partial charge is 0.305 e. The van der Waals surface area contributed by atoms with Crippen molar-refractivity contribution in [1.29, 1.82) is 0 Å². The number of anilines is 1. The zero-order valence-electron chi connectivity index (χ0n) is 21.0. The Balaban J connectivity index is 1.62. The van der Waals surface area contributed by atoms with E-state index in [1.54, 1.807) is 12.1 Å². The van der Waals surface area contributed by atoms with Gasteiger partial charge >= 0.3 is 5.97 Å². The van der Waals surface area contributed by atoms with E-state index in [2.05, 4.69) is 67.5 Å². The zero-order valence-corrected chi connectivity index (χ0v) is 21.0. The van der Waals surface area contributed by atoms with Gasteiger partial charge in [0.25, 0.3) is 11.8 Å². The monoisotopic (exact) mass is 478 g/mol. The molecule has 1 atom stereocenters. The lowest BCUT2D eigenvalue weighted by Gasteiger charge is -2.22. The molecule has 1 amide bonds. The van der Waals surface area contributed by atoms with E-state index in [0.717, 1.165) is 11.3 Å². The molecule has 0 aliphatic heterocycles. The van der Waals surface area contributed by atoms with Crippen molar-refractivity contribution in [2.24, 2.45) is 5.92 Å². The maximum absolute atomic E-state index is 12.1. The number of aromatic nitrogens is 2. The molecule has 8 nitrogen and oxygen atoms in total. The van der Waals surface area contributed by atoms with Gasteiger partial charge in [-0.25, -0.2) is 0 Å². The van der Waals surface area contributed by atoms with Gasteiger partial charge in [0, 0.05) is 35.8 Å². The molecule has 0 radical (unpaired) electrons. The number of aliphatic carboxylic acids is 1. The molecule has 0 bridgehead atoms. The van der Waals surface area contributed by atoms with Crippen LogP contribution in [0.1, 0.15) is 62.8 Å². The summed E-state index contributed by atoms with van der Waals surface area (Å²) in [5.41, 5.74) is 3.56. The van der Waals surface area contributed by atoms with Crippen molar-refractivity contribution in [1.82, 2.24) is 15.5 Å². The Kier molecular flexibility index (Phi) is 8.27. The van der Waals surface area contributed by atoms with Crippen LogP contribution in [0.5, 0.6) is 0 Å². The Bertz CT molecular complexity index is 1130. The predicted molar refractivity (Wildman–Crippen MR) is 135 cm³/mol. The van der Waals surface area contributed by atoms with E-state index in [9.17, 15) is 9.59 Å². The molecule has 3 aromatic rings. The Hall–Kier alpha value is -3.68. The normalized spacial score (nSPS) is 12.4. The summed E-state index contributed by atoms with van der Waals surface area (Å²) in [6.45, 7) is 10.9. The van der Waals surface area contributed by atoms with Gasteiger partial charge in [-0.1, -0.05) is 51.9 Å². The molecule has 186 valence electrons. The number of benzene rings is 2. The topological polar surface area (TPSA) is 117 Å². The first kappa shape index (κ1) is 25.9. The Labute approximate surface area is 206 Å². The van der Waals surface area contributed by atoms with Gasteiger partial charge < -0.3 is 20.3 Å². The van der Waals surface area contributed by atoms with Crippen LogP contribution >= 0.6 is 0 Å². The molecule has 35 heavy (non-hydrogen) atoms. The number of rotatable bonds is 10. The number of carbonyl (C=O) groups excluding carboxylic acids is 1. The summed E-state index contributed by atoms with van der Waals surface area (Å²) in [4.78, 5) is 27.3. The number of carbonyl (C=O) groups is 2. The molecule has 0 aliphatic rings. The van der Waals surface area contributed by atoms with Crippen LogP contribution in [-0.2, 0) is 16.6 Å². The van der Waals surface area contributed by atoms with E-state index < -0.39 is 5.97 Å². The van der Waals surface area contributed by atoms with Crippen LogP contribution in [0.25, 0.3) is 11.5 Å². The molecule has 0 saturated carbocycles. The highest BCUT2D eigenvalue weighted by Crippen LogP contribution is 2.26. The number of nitrogens with one attached hydrogen (secondary N) is 2. The fourth-order valence-electron chi connectivity index (χ4n) is 3.53. The molecule has 0 aliphatic carbocycles. The lowest BCUT2D eigenvalue weighted by molar-refractivity contribution is -0.136. The van der Waals surface area contributed by atoms with Crippen molar-refractivity contribution >= 4 is 17.6 Å². The molecule has 0 fully saturated rings. The lowest BCUT2D eigenvalue weighted by atomic mass is 9.87. The van der Waals surface area contributed by atoms with Crippen molar-refractivity contribution in [3.8, 4) is 11.5 Å². The first-order chi connectivity index (χ1) is 16.5. The van der Waals surface area contributed by atoms with Gasteiger partial charge in [-0.05, 0) is 53.3 Å². The van der Waals surface area contributed by atoms with Gasteiger partial charge in [-0.2, -0.15) is 4.98 Å². The van der Waals surface area contributed by atoms with Crippen molar-refractivity contribution in [3.05, 3.63) is 65.5 Å². The highest BCUT2D eigenvalue weighted by atomic mass is 16.5. The second kappa shape index (κ2) is 11.2. The minimum Gasteiger partial charge on any atom is -0.481 e. The number of nitrogens with zero attached hydrogens (tertiary/aromatic N) is 2. The SMILES string of the molecule is CC(C)[C@@H](Cc1noc(-c2ccc(C(C)(C)C)cc2)n1)Nc1ccc(C(=O)NCCC(=O)O)cc1. The van der Waals surface area contributed by atoms with Crippen molar-refractivity contribution < 1.29 is 19.2 Å². The number of amides is 1. The summed E-state index contributed by atoms with van der Waals surface area (Å²) in [5, 5.41) is 19.0. The first-order valence-corrected chi connectivity index (χ1v) is 11.8. The highest BCUT2D eigenvalue weighted by molar-refractivity contribution is 5.94. The summed E-state index contributed by atoms with van der Waals surface area (Å²) >= 11 is 0. The largest absolute Gasteiger partial charge is 0.481 e. The summed E-state index contributed by atoms with van der Waals surface area (Å²) in [6.07, 6.45) is 0.472. The molecule has 8 heteroatoms. The average molecular weight is 479 g/mol. The van der Waals surface area contributed by atoms with Crippen molar-refractivity contribution in [3.63, 3.8) is 0 Å². The molecular weight excluding hydrogens is 444 g/mol. The van der Waals surface area contributed by atoms with Crippen LogP contribution in [0.4, 0.5) is 5.69 Å². The molecule has 0 unspecified atom stereocenters. The van der Waals surface area contributed by atoms with E-state index in [-0.39, 0.29) is 30.3 Å². The fraction of sp³-hybridized carbons (Fsp3) is 0.407. The summed E-state index contributed by atoms with van der Waals surface area (Å²) in [7, 11) is 0. The van der Waals surface area contributed by atoms with Gasteiger partial charge in [0.1, 0.15) is 0 Å². The standard InChI is InChI=1S/C27H34N4O4/c1-17(2)22(29-21-12-8-18(9-13-21)25(34)28-15-14-24(32)33)16-23-30-26(35-31-23)19-6-10-20(11-7-19)27(3,4)5/h6-13,17,22,29H,14-16H2,1-5H3,(H,28,34)(H,32,33)/t22-/m1/s1. The quantitative estimate of drug-likeness (QED) is 0.379. The molecule has 0 saturated heterocycles. The summed E-state index contributed by atoms with van der Waals surface area (Å²) in [5.74, 6) is 0.175. The average Bonchev–Trinajstić information content (AvgIpc) is 3.27. The van der Waals surface area contributed by atoms with Crippen LogP contribution in [0.3, 0.4) is 0 Å². The number of carboxylic acid groups (broad SMARTS) is 1. The predicted octanol–water partition coefficient (Wildman–Crippen LogP) is 4.92. The van der Waals surface area contributed by atoms with Gasteiger partial charge in [-0.15, -0.1) is 0 Å². The third kappa shape index (κ3) is 7.40. The van der Waals surface area contributed by atoms with E-state index in [1.165, 1.54) is 5.56 Å². The van der Waals surface area contributed by atoms with Crippen LogP contribution < -0.4 is 10.6 Å². The van der Waals surface area contributed by atoms with Crippen LogP contribution in [0.2, 0.25) is 0 Å². The van der Waals surface area contributed by atoms with Gasteiger partial charge in [0.15, 0.2) is 5.82 Å². The Morgan fingerprint density at radius 3 is 2.26 bits per heavy atom. The van der Waals surface area contributed by atoms with E-state index in [1.807, 2.05) is 24.3 Å². The number of hydrogen-bond acceptors (Lipinski definition) is 6. The third-order valence-electron chi connectivity index (χ3n) is 5.80. The second-order valence-corrected chi connectivity index (χ2v) is 10.0. The third-order valence-corrected chi connectivity index (χ3v) is 5.80. The van der Waals surface area contributed by atoms with E-state index >= 15 is 0 Å². The first-order valence-electron chi connectivity index (χ1n) is 11.8. The summed E-state index contributed by atoms with van der Waals surface area (Å²) in [6, 6.07) is 15.3. The van der Waals surface area contributed by atoms with E-state index in [0.29, 0.717) is 29.6 Å². The summed E-state index contributed by atoms with van der Waals surface area (Å²) < 4.78 is 5.53. The fourth-order valence-corrected chi connectivity index (χ4v) is 3.53. The molecule has 1 heterocycles. The van der Waals surface area contributed by atoms with Gasteiger partial charge in [0.2, 0.25) is 0 Å². The number of carboxylic acids is 1. The Morgan fingerprint density at radius 2 is 1.69 bits per heavy atom. The van der Waals surface area contributed by atoms with Crippen molar-refractivity contribution in [2.45, 2.75) is 58.9 Å². The maximum Gasteiger partial charge on any atom is 0.305 e. The molecule has 2 aromatic carbocycles. The lowest BCUT2D eigenvalue weighted by Crippen LogP contribution is -2.29. The maximum atomic E-state index is 12.1. The van der Waals surface area contributed by atoms with Crippen LogP contribution in [0.15, 0.2) is 53.1 Å². The number of hydrogen-bond donors (Lipinski definition) is 3.